The Balaban J connectivity index is 3.32. The minimum Gasteiger partial charge on any atom is -0.372 e. The first-order chi connectivity index (χ1) is 6.95. The van der Waals surface area contributed by atoms with E-state index in [4.69, 9.17) is 0 Å². The van der Waals surface area contributed by atoms with Gasteiger partial charge in [0.2, 0.25) is 5.91 Å². The van der Waals surface area contributed by atoms with Crippen molar-refractivity contribution in [2.75, 3.05) is 24.2 Å². The number of halogens is 4. The molecule has 0 rings (SSSR count). The van der Waals surface area contributed by atoms with Crippen molar-refractivity contribution in [3.8, 4) is 0 Å². The average molecular weight is 339 g/mol. The molecule has 0 aromatic carbocycles. The monoisotopic (exact) mass is 339 g/mol. The summed E-state index contributed by atoms with van der Waals surface area (Å²) in [5.74, 6) is -0.276. The van der Waals surface area contributed by atoms with Crippen molar-refractivity contribution in [3.05, 3.63) is 0 Å². The van der Waals surface area contributed by atoms with Gasteiger partial charge in [0.15, 0.2) is 0 Å². The SMILES string of the molecule is O=C(CCOCC(F)(F)F)NCCCI. The second kappa shape index (κ2) is 8.14. The van der Waals surface area contributed by atoms with Crippen molar-refractivity contribution in [2.45, 2.75) is 19.0 Å². The van der Waals surface area contributed by atoms with Gasteiger partial charge in [0.1, 0.15) is 6.61 Å². The zero-order valence-corrected chi connectivity index (χ0v) is 10.2. The summed E-state index contributed by atoms with van der Waals surface area (Å²) in [5, 5.41) is 2.58. The third kappa shape index (κ3) is 11.9. The quantitative estimate of drug-likeness (QED) is 0.437. The van der Waals surface area contributed by atoms with Crippen LogP contribution in [-0.2, 0) is 9.53 Å². The number of alkyl halides is 4. The van der Waals surface area contributed by atoms with Crippen LogP contribution in [0.5, 0.6) is 0 Å². The number of carbonyl (C=O) groups is 1. The molecule has 0 unspecified atom stereocenters. The molecule has 0 bridgehead atoms. The van der Waals surface area contributed by atoms with Gasteiger partial charge in [-0.2, -0.15) is 13.2 Å². The topological polar surface area (TPSA) is 38.3 Å². The fourth-order valence-electron chi connectivity index (χ4n) is 0.736. The molecule has 0 aromatic rings. The van der Waals surface area contributed by atoms with E-state index in [0.29, 0.717) is 6.54 Å². The van der Waals surface area contributed by atoms with Gasteiger partial charge in [-0.15, -0.1) is 0 Å². The Morgan fingerprint density at radius 3 is 2.60 bits per heavy atom. The normalized spacial score (nSPS) is 11.5. The van der Waals surface area contributed by atoms with E-state index in [1.807, 2.05) is 0 Å². The molecule has 0 aliphatic heterocycles. The summed E-state index contributed by atoms with van der Waals surface area (Å²) in [4.78, 5) is 11.0. The smallest absolute Gasteiger partial charge is 0.372 e. The molecule has 0 aromatic heterocycles. The Labute approximate surface area is 99.9 Å². The van der Waals surface area contributed by atoms with Crippen LogP contribution in [0.15, 0.2) is 0 Å². The second-order valence-corrected chi connectivity index (χ2v) is 3.89. The Kier molecular flexibility index (Phi) is 8.12. The summed E-state index contributed by atoms with van der Waals surface area (Å²) in [5.41, 5.74) is 0. The van der Waals surface area contributed by atoms with Crippen LogP contribution >= 0.6 is 22.6 Å². The van der Waals surface area contributed by atoms with E-state index in [9.17, 15) is 18.0 Å². The summed E-state index contributed by atoms with van der Waals surface area (Å²) in [6.07, 6.45) is -3.50. The molecule has 0 aliphatic carbocycles. The zero-order valence-electron chi connectivity index (χ0n) is 8.07. The lowest BCUT2D eigenvalue weighted by molar-refractivity contribution is -0.174. The standard InChI is InChI=1S/C8H13F3INO2/c9-8(10,11)6-15-5-2-7(14)13-4-1-3-12/h1-6H2,(H,13,14). The molecule has 1 N–H and O–H groups in total. The van der Waals surface area contributed by atoms with Crippen LogP contribution in [0.3, 0.4) is 0 Å². The first-order valence-corrected chi connectivity index (χ1v) is 5.95. The third-order valence-electron chi connectivity index (χ3n) is 1.37. The molecule has 0 radical (unpaired) electrons. The Hall–Kier alpha value is -0.0500. The highest BCUT2D eigenvalue weighted by atomic mass is 127. The molecule has 0 aliphatic rings. The lowest BCUT2D eigenvalue weighted by Crippen LogP contribution is -2.26. The largest absolute Gasteiger partial charge is 0.411 e. The summed E-state index contributed by atoms with van der Waals surface area (Å²) >= 11 is 2.18. The van der Waals surface area contributed by atoms with Crippen LogP contribution in [0.25, 0.3) is 0 Å². The molecular formula is C8H13F3INO2. The average Bonchev–Trinajstić information content (AvgIpc) is 2.11. The van der Waals surface area contributed by atoms with Crippen molar-refractivity contribution in [1.29, 1.82) is 0 Å². The van der Waals surface area contributed by atoms with Gasteiger partial charge in [0.05, 0.1) is 6.61 Å². The molecule has 0 heterocycles. The number of amides is 1. The number of hydrogen-bond acceptors (Lipinski definition) is 2. The van der Waals surface area contributed by atoms with Crippen molar-refractivity contribution < 1.29 is 22.7 Å². The van der Waals surface area contributed by atoms with E-state index in [1.54, 1.807) is 0 Å². The molecule has 15 heavy (non-hydrogen) atoms. The highest BCUT2D eigenvalue weighted by Gasteiger charge is 2.27. The summed E-state index contributed by atoms with van der Waals surface area (Å²) < 4.78 is 40.0. The van der Waals surface area contributed by atoms with Gasteiger partial charge in [-0.25, -0.2) is 0 Å². The summed E-state index contributed by atoms with van der Waals surface area (Å²) in [7, 11) is 0. The maximum Gasteiger partial charge on any atom is 0.411 e. The van der Waals surface area contributed by atoms with Crippen molar-refractivity contribution in [3.63, 3.8) is 0 Å². The predicted molar refractivity (Wildman–Crippen MR) is 58.0 cm³/mol. The van der Waals surface area contributed by atoms with Crippen LogP contribution in [-0.4, -0.2) is 36.3 Å². The van der Waals surface area contributed by atoms with Crippen molar-refractivity contribution in [2.24, 2.45) is 0 Å². The van der Waals surface area contributed by atoms with Crippen LogP contribution in [0.2, 0.25) is 0 Å². The van der Waals surface area contributed by atoms with Gasteiger partial charge in [-0.3, -0.25) is 4.79 Å². The van der Waals surface area contributed by atoms with Crippen molar-refractivity contribution in [1.82, 2.24) is 5.32 Å². The van der Waals surface area contributed by atoms with E-state index >= 15 is 0 Å². The van der Waals surface area contributed by atoms with Gasteiger partial charge < -0.3 is 10.1 Å². The number of ether oxygens (including phenoxy) is 1. The number of carbonyl (C=O) groups excluding carboxylic acids is 1. The Morgan fingerprint density at radius 2 is 2.07 bits per heavy atom. The maximum atomic E-state index is 11.6. The van der Waals surface area contributed by atoms with Gasteiger partial charge in [-0.05, 0) is 6.42 Å². The lowest BCUT2D eigenvalue weighted by Gasteiger charge is -2.07. The van der Waals surface area contributed by atoms with Gasteiger partial charge in [0.25, 0.3) is 0 Å². The number of hydrogen-bond donors (Lipinski definition) is 1. The molecule has 0 spiro atoms. The third-order valence-corrected chi connectivity index (χ3v) is 2.13. The van der Waals surface area contributed by atoms with Crippen LogP contribution in [0.4, 0.5) is 13.2 Å². The summed E-state index contributed by atoms with van der Waals surface area (Å²) in [6.45, 7) is -0.940. The highest BCUT2D eigenvalue weighted by molar-refractivity contribution is 14.1. The molecule has 90 valence electrons. The van der Waals surface area contributed by atoms with Crippen LogP contribution in [0, 0.1) is 0 Å². The van der Waals surface area contributed by atoms with Crippen LogP contribution < -0.4 is 5.32 Å². The highest BCUT2D eigenvalue weighted by Crippen LogP contribution is 2.14. The molecule has 1 amide bonds. The fourth-order valence-corrected chi connectivity index (χ4v) is 1.12. The van der Waals surface area contributed by atoms with E-state index in [1.165, 1.54) is 0 Å². The lowest BCUT2D eigenvalue weighted by atomic mass is 10.4. The van der Waals surface area contributed by atoms with Crippen LogP contribution in [0.1, 0.15) is 12.8 Å². The van der Waals surface area contributed by atoms with Crippen molar-refractivity contribution >= 4 is 28.5 Å². The Bertz CT molecular complexity index is 187. The molecule has 7 heteroatoms. The van der Waals surface area contributed by atoms with Gasteiger partial charge in [0, 0.05) is 17.4 Å². The second-order valence-electron chi connectivity index (χ2n) is 2.81. The Morgan fingerprint density at radius 1 is 1.40 bits per heavy atom. The molecule has 0 saturated heterocycles. The molecule has 0 saturated carbocycles. The molecule has 0 fully saturated rings. The predicted octanol–water partition coefficient (Wildman–Crippen LogP) is 1.90. The zero-order chi connectivity index (χ0) is 11.7. The minimum absolute atomic E-state index is 0.0304. The van der Waals surface area contributed by atoms with E-state index < -0.39 is 12.8 Å². The van der Waals surface area contributed by atoms with Gasteiger partial charge in [-0.1, -0.05) is 22.6 Å². The van der Waals surface area contributed by atoms with E-state index in [0.717, 1.165) is 10.8 Å². The van der Waals surface area contributed by atoms with E-state index in [-0.39, 0.29) is 18.9 Å². The number of rotatable bonds is 7. The minimum atomic E-state index is -4.32. The number of nitrogens with one attached hydrogen (secondary N) is 1. The molecule has 3 nitrogen and oxygen atoms in total. The molecule has 0 atom stereocenters. The first kappa shape index (κ1) is 14.9. The fraction of sp³-hybridized carbons (Fsp3) is 0.875. The molecular weight excluding hydrogens is 326 g/mol. The first-order valence-electron chi connectivity index (χ1n) is 4.43. The summed E-state index contributed by atoms with van der Waals surface area (Å²) in [6, 6.07) is 0. The maximum absolute atomic E-state index is 11.6. The van der Waals surface area contributed by atoms with E-state index in [2.05, 4.69) is 32.6 Å². The van der Waals surface area contributed by atoms with Gasteiger partial charge >= 0.3 is 6.18 Å².